The summed E-state index contributed by atoms with van der Waals surface area (Å²) in [5.74, 6) is 2.04. The average molecular weight is 291 g/mol. The molecule has 0 radical (unpaired) electrons. The summed E-state index contributed by atoms with van der Waals surface area (Å²) in [6, 6.07) is 2.05. The van der Waals surface area contributed by atoms with E-state index in [2.05, 4.69) is 43.5 Å². The van der Waals surface area contributed by atoms with Gasteiger partial charge in [-0.15, -0.1) is 11.3 Å². The number of nitrogens with one attached hydrogen (secondary N) is 1. The van der Waals surface area contributed by atoms with Crippen LogP contribution in [0.3, 0.4) is 0 Å². The molecule has 0 aliphatic carbocycles. The Bertz CT molecular complexity index is 594. The second-order valence-corrected chi connectivity index (χ2v) is 5.64. The summed E-state index contributed by atoms with van der Waals surface area (Å²) < 4.78 is 5.37. The second kappa shape index (κ2) is 5.72. The van der Waals surface area contributed by atoms with E-state index in [1.807, 2.05) is 7.05 Å². The van der Waals surface area contributed by atoms with Crippen molar-refractivity contribution >= 4 is 23.2 Å². The largest absolute Gasteiger partial charge is 0.378 e. The normalized spacial score (nSPS) is 15.4. The van der Waals surface area contributed by atoms with Gasteiger partial charge >= 0.3 is 0 Å². The summed E-state index contributed by atoms with van der Waals surface area (Å²) in [7, 11) is 1.82. The number of aryl methyl sites for hydroxylation is 1. The van der Waals surface area contributed by atoms with E-state index in [4.69, 9.17) is 4.74 Å². The molecule has 1 aliphatic heterocycles. The number of hydrogen-bond acceptors (Lipinski definition) is 7. The Labute approximate surface area is 121 Å². The van der Waals surface area contributed by atoms with Crippen LogP contribution in [0.4, 0.5) is 11.9 Å². The van der Waals surface area contributed by atoms with Crippen molar-refractivity contribution in [2.75, 3.05) is 43.6 Å². The first-order chi connectivity index (χ1) is 9.78. The standard InChI is InChI=1S/C13H17N5OS/c1-9-10(3-8-20-9)11-15-12(14-2)17-13(16-11)18-4-6-19-7-5-18/h3,8H,4-7H2,1-2H3,(H,14,15,16,17). The van der Waals surface area contributed by atoms with Gasteiger partial charge in [-0.2, -0.15) is 15.0 Å². The van der Waals surface area contributed by atoms with Crippen molar-refractivity contribution < 1.29 is 4.74 Å². The summed E-state index contributed by atoms with van der Waals surface area (Å²) in [5.41, 5.74) is 1.07. The Morgan fingerprint density at radius 1 is 1.25 bits per heavy atom. The molecule has 20 heavy (non-hydrogen) atoms. The zero-order valence-corrected chi connectivity index (χ0v) is 12.4. The molecular weight excluding hydrogens is 274 g/mol. The smallest absolute Gasteiger partial charge is 0.230 e. The summed E-state index contributed by atoms with van der Waals surface area (Å²) >= 11 is 1.70. The monoisotopic (exact) mass is 291 g/mol. The van der Waals surface area contributed by atoms with Crippen molar-refractivity contribution in [2.24, 2.45) is 0 Å². The lowest BCUT2D eigenvalue weighted by Crippen LogP contribution is -2.37. The molecule has 2 aromatic rings. The molecule has 106 valence electrons. The van der Waals surface area contributed by atoms with Crippen LogP contribution < -0.4 is 10.2 Å². The molecule has 1 aliphatic rings. The van der Waals surface area contributed by atoms with E-state index in [1.54, 1.807) is 11.3 Å². The number of rotatable bonds is 3. The first-order valence-electron chi connectivity index (χ1n) is 6.59. The van der Waals surface area contributed by atoms with Gasteiger partial charge in [-0.25, -0.2) is 0 Å². The molecule has 0 saturated carbocycles. The lowest BCUT2D eigenvalue weighted by molar-refractivity contribution is 0.122. The van der Waals surface area contributed by atoms with Crippen LogP contribution in [-0.4, -0.2) is 48.3 Å². The minimum Gasteiger partial charge on any atom is -0.378 e. The Balaban J connectivity index is 2.00. The number of anilines is 2. The molecule has 0 atom stereocenters. The van der Waals surface area contributed by atoms with Crippen LogP contribution in [0.15, 0.2) is 11.4 Å². The predicted molar refractivity (Wildman–Crippen MR) is 80.5 cm³/mol. The SMILES string of the molecule is CNc1nc(-c2ccsc2C)nc(N2CCOCC2)n1. The number of morpholine rings is 1. The lowest BCUT2D eigenvalue weighted by atomic mass is 10.2. The van der Waals surface area contributed by atoms with E-state index in [1.165, 1.54) is 4.88 Å². The Kier molecular flexibility index (Phi) is 3.79. The number of thiophene rings is 1. The van der Waals surface area contributed by atoms with Crippen LogP contribution in [0.2, 0.25) is 0 Å². The third-order valence-corrected chi connectivity index (χ3v) is 4.09. The van der Waals surface area contributed by atoms with Crippen molar-refractivity contribution in [3.05, 3.63) is 16.3 Å². The molecule has 7 heteroatoms. The molecular formula is C13H17N5OS. The van der Waals surface area contributed by atoms with Crippen molar-refractivity contribution in [3.63, 3.8) is 0 Å². The van der Waals surface area contributed by atoms with Crippen molar-refractivity contribution in [2.45, 2.75) is 6.92 Å². The van der Waals surface area contributed by atoms with E-state index < -0.39 is 0 Å². The van der Waals surface area contributed by atoms with Crippen molar-refractivity contribution in [1.82, 2.24) is 15.0 Å². The van der Waals surface area contributed by atoms with Gasteiger partial charge in [0.1, 0.15) is 0 Å². The number of nitrogens with zero attached hydrogens (tertiary/aromatic N) is 4. The van der Waals surface area contributed by atoms with Gasteiger partial charge in [-0.3, -0.25) is 0 Å². The fourth-order valence-corrected chi connectivity index (χ4v) is 2.81. The van der Waals surface area contributed by atoms with E-state index in [9.17, 15) is 0 Å². The number of aromatic nitrogens is 3. The summed E-state index contributed by atoms with van der Waals surface area (Å²) in [5, 5.41) is 5.07. The third kappa shape index (κ3) is 2.59. The van der Waals surface area contributed by atoms with Crippen molar-refractivity contribution in [3.8, 4) is 11.4 Å². The van der Waals surface area contributed by atoms with Crippen LogP contribution in [0.5, 0.6) is 0 Å². The highest BCUT2D eigenvalue weighted by atomic mass is 32.1. The van der Waals surface area contributed by atoms with Crippen LogP contribution in [0.25, 0.3) is 11.4 Å². The highest BCUT2D eigenvalue weighted by molar-refractivity contribution is 7.10. The summed E-state index contributed by atoms with van der Waals surface area (Å²) in [6.45, 7) is 5.14. The maximum absolute atomic E-state index is 5.37. The topological polar surface area (TPSA) is 63.2 Å². The molecule has 3 rings (SSSR count). The van der Waals surface area contributed by atoms with Gasteiger partial charge in [-0.1, -0.05) is 0 Å². The molecule has 3 heterocycles. The first-order valence-corrected chi connectivity index (χ1v) is 7.47. The van der Waals surface area contributed by atoms with Crippen LogP contribution >= 0.6 is 11.3 Å². The molecule has 1 N–H and O–H groups in total. The van der Waals surface area contributed by atoms with Gasteiger partial charge < -0.3 is 15.0 Å². The van der Waals surface area contributed by atoms with Crippen LogP contribution in [0.1, 0.15) is 4.88 Å². The maximum atomic E-state index is 5.37. The van der Waals surface area contributed by atoms with Crippen molar-refractivity contribution in [1.29, 1.82) is 0 Å². The van der Waals surface area contributed by atoms with Crippen LogP contribution in [-0.2, 0) is 4.74 Å². The molecule has 2 aromatic heterocycles. The highest BCUT2D eigenvalue weighted by Crippen LogP contribution is 2.26. The molecule has 1 fully saturated rings. The van der Waals surface area contributed by atoms with E-state index in [0.717, 1.165) is 24.5 Å². The predicted octanol–water partition coefficient (Wildman–Crippen LogP) is 1.79. The molecule has 0 bridgehead atoms. The van der Waals surface area contributed by atoms with E-state index in [-0.39, 0.29) is 0 Å². The van der Waals surface area contributed by atoms with Gasteiger partial charge in [0.15, 0.2) is 5.82 Å². The van der Waals surface area contributed by atoms with E-state index in [0.29, 0.717) is 25.1 Å². The minimum absolute atomic E-state index is 0.599. The van der Waals surface area contributed by atoms with Gasteiger partial charge in [0, 0.05) is 30.6 Å². The van der Waals surface area contributed by atoms with Gasteiger partial charge in [-0.05, 0) is 18.4 Å². The van der Waals surface area contributed by atoms with Crippen LogP contribution in [0, 0.1) is 6.92 Å². The molecule has 0 amide bonds. The molecule has 0 spiro atoms. The van der Waals surface area contributed by atoms with Gasteiger partial charge in [0.25, 0.3) is 0 Å². The van der Waals surface area contributed by atoms with Gasteiger partial charge in [0.2, 0.25) is 11.9 Å². The first kappa shape index (κ1) is 13.3. The maximum Gasteiger partial charge on any atom is 0.230 e. The summed E-state index contributed by atoms with van der Waals surface area (Å²) in [4.78, 5) is 16.9. The van der Waals surface area contributed by atoms with E-state index >= 15 is 0 Å². The average Bonchev–Trinajstić information content (AvgIpc) is 2.94. The minimum atomic E-state index is 0.599. The van der Waals surface area contributed by atoms with Gasteiger partial charge in [0.05, 0.1) is 13.2 Å². The Hall–Kier alpha value is -1.73. The molecule has 6 nitrogen and oxygen atoms in total. The quantitative estimate of drug-likeness (QED) is 0.930. The summed E-state index contributed by atoms with van der Waals surface area (Å²) in [6.07, 6.45) is 0. The highest BCUT2D eigenvalue weighted by Gasteiger charge is 2.17. The fourth-order valence-electron chi connectivity index (χ4n) is 2.12. The lowest BCUT2D eigenvalue weighted by Gasteiger charge is -2.27. The zero-order valence-electron chi connectivity index (χ0n) is 11.6. The second-order valence-electron chi connectivity index (χ2n) is 4.52. The fraction of sp³-hybridized carbons (Fsp3) is 0.462. The molecule has 0 aromatic carbocycles. The number of ether oxygens (including phenoxy) is 1. The third-order valence-electron chi connectivity index (χ3n) is 3.24. The zero-order chi connectivity index (χ0) is 13.9. The molecule has 1 saturated heterocycles. The molecule has 0 unspecified atom stereocenters. The number of hydrogen-bond donors (Lipinski definition) is 1. The Morgan fingerprint density at radius 2 is 2.05 bits per heavy atom. The Morgan fingerprint density at radius 3 is 2.70 bits per heavy atom.